The average Bonchev–Trinajstić information content (AvgIpc) is 2.38. The van der Waals surface area contributed by atoms with Crippen LogP contribution in [0.3, 0.4) is 0 Å². The molecule has 0 bridgehead atoms. The molecule has 1 N–H and O–H groups in total. The maximum atomic E-state index is 11.5. The van der Waals surface area contributed by atoms with Crippen LogP contribution in [0.1, 0.15) is 12.8 Å². The first-order chi connectivity index (χ1) is 8.63. The zero-order valence-corrected chi connectivity index (χ0v) is 12.0. The Balaban J connectivity index is 2.24. The number of amides is 1. The highest BCUT2D eigenvalue weighted by Crippen LogP contribution is 2.15. The number of carbonyl (C=O) groups excluding carboxylic acids is 1. The standard InChI is InChI=1S/C13H18BrNO3/c1-15(13(17)3-2-9-16)8-10-18-12-6-4-11(14)5-7-12/h4-7,16H,2-3,8-10H2,1H3. The van der Waals surface area contributed by atoms with E-state index in [0.29, 0.717) is 26.0 Å². The van der Waals surface area contributed by atoms with E-state index in [4.69, 9.17) is 9.84 Å². The first-order valence-corrected chi connectivity index (χ1v) is 6.66. The third kappa shape index (κ3) is 5.51. The van der Waals surface area contributed by atoms with Gasteiger partial charge in [0.1, 0.15) is 12.4 Å². The van der Waals surface area contributed by atoms with Gasteiger partial charge < -0.3 is 14.7 Å². The van der Waals surface area contributed by atoms with Crippen molar-refractivity contribution in [1.29, 1.82) is 0 Å². The lowest BCUT2D eigenvalue weighted by Gasteiger charge is -2.17. The number of nitrogens with zero attached hydrogens (tertiary/aromatic N) is 1. The number of ether oxygens (including phenoxy) is 1. The normalized spacial score (nSPS) is 10.2. The van der Waals surface area contributed by atoms with E-state index < -0.39 is 0 Å². The minimum atomic E-state index is 0.0310. The van der Waals surface area contributed by atoms with Crippen molar-refractivity contribution in [3.05, 3.63) is 28.7 Å². The van der Waals surface area contributed by atoms with Crippen LogP contribution in [0, 0.1) is 0 Å². The van der Waals surface area contributed by atoms with Gasteiger partial charge in [-0.15, -0.1) is 0 Å². The maximum absolute atomic E-state index is 11.5. The predicted octanol–water partition coefficient (Wildman–Crippen LogP) is 2.06. The zero-order valence-electron chi connectivity index (χ0n) is 10.4. The molecule has 0 atom stereocenters. The topological polar surface area (TPSA) is 49.8 Å². The third-order valence-corrected chi connectivity index (χ3v) is 3.01. The molecule has 5 heteroatoms. The SMILES string of the molecule is CN(CCOc1ccc(Br)cc1)C(=O)CCCO. The lowest BCUT2D eigenvalue weighted by molar-refractivity contribution is -0.130. The molecule has 0 aliphatic rings. The number of benzene rings is 1. The molecule has 0 unspecified atom stereocenters. The number of halogens is 1. The van der Waals surface area contributed by atoms with E-state index in [1.807, 2.05) is 24.3 Å². The molecule has 0 fully saturated rings. The Bertz CT molecular complexity index is 367. The molecule has 0 radical (unpaired) electrons. The van der Waals surface area contributed by atoms with Gasteiger partial charge in [-0.05, 0) is 30.7 Å². The fourth-order valence-corrected chi connectivity index (χ4v) is 1.64. The summed E-state index contributed by atoms with van der Waals surface area (Å²) in [5.41, 5.74) is 0. The lowest BCUT2D eigenvalue weighted by Crippen LogP contribution is -2.30. The number of hydrogen-bond donors (Lipinski definition) is 1. The number of rotatable bonds is 7. The Morgan fingerprint density at radius 1 is 1.39 bits per heavy atom. The van der Waals surface area contributed by atoms with Gasteiger partial charge in [0.05, 0.1) is 6.54 Å². The molecule has 0 heterocycles. The monoisotopic (exact) mass is 315 g/mol. The predicted molar refractivity (Wildman–Crippen MR) is 73.6 cm³/mol. The number of hydrogen-bond acceptors (Lipinski definition) is 3. The molecule has 1 aromatic rings. The molecule has 0 aliphatic heterocycles. The number of aliphatic hydroxyl groups is 1. The Morgan fingerprint density at radius 3 is 2.67 bits per heavy atom. The van der Waals surface area contributed by atoms with Crippen LogP contribution in [-0.4, -0.2) is 42.7 Å². The van der Waals surface area contributed by atoms with Gasteiger partial charge in [-0.2, -0.15) is 0 Å². The molecule has 0 aliphatic carbocycles. The van der Waals surface area contributed by atoms with E-state index in [1.54, 1.807) is 11.9 Å². The first-order valence-electron chi connectivity index (χ1n) is 5.86. The van der Waals surface area contributed by atoms with Crippen molar-refractivity contribution in [3.8, 4) is 5.75 Å². The summed E-state index contributed by atoms with van der Waals surface area (Å²) in [6, 6.07) is 7.56. The summed E-state index contributed by atoms with van der Waals surface area (Å²) >= 11 is 3.35. The summed E-state index contributed by atoms with van der Waals surface area (Å²) in [5, 5.41) is 8.64. The van der Waals surface area contributed by atoms with Gasteiger partial charge in [-0.3, -0.25) is 4.79 Å². The van der Waals surface area contributed by atoms with Crippen LogP contribution in [0.25, 0.3) is 0 Å². The van der Waals surface area contributed by atoms with Crippen LogP contribution in [0.5, 0.6) is 5.75 Å². The summed E-state index contributed by atoms with van der Waals surface area (Å²) in [4.78, 5) is 13.2. The van der Waals surface area contributed by atoms with Crippen LogP contribution < -0.4 is 4.74 Å². The van der Waals surface area contributed by atoms with Gasteiger partial charge in [0.2, 0.25) is 5.91 Å². The number of carbonyl (C=O) groups is 1. The molecular formula is C13H18BrNO3. The Kier molecular flexibility index (Phi) is 6.75. The van der Waals surface area contributed by atoms with Crippen LogP contribution >= 0.6 is 15.9 Å². The van der Waals surface area contributed by atoms with Crippen molar-refractivity contribution in [2.45, 2.75) is 12.8 Å². The fraction of sp³-hybridized carbons (Fsp3) is 0.462. The molecule has 0 aromatic heterocycles. The summed E-state index contributed by atoms with van der Waals surface area (Å²) < 4.78 is 6.53. The summed E-state index contributed by atoms with van der Waals surface area (Å²) in [6.45, 7) is 1.05. The van der Waals surface area contributed by atoms with Gasteiger partial charge in [-0.1, -0.05) is 15.9 Å². The van der Waals surface area contributed by atoms with Gasteiger partial charge in [0.15, 0.2) is 0 Å². The van der Waals surface area contributed by atoms with Crippen molar-refractivity contribution in [3.63, 3.8) is 0 Å². The van der Waals surface area contributed by atoms with Crippen molar-refractivity contribution in [2.75, 3.05) is 26.8 Å². The van der Waals surface area contributed by atoms with E-state index >= 15 is 0 Å². The highest BCUT2D eigenvalue weighted by atomic mass is 79.9. The second-order valence-corrected chi connectivity index (χ2v) is 4.86. The number of aliphatic hydroxyl groups excluding tert-OH is 1. The van der Waals surface area contributed by atoms with E-state index in [0.717, 1.165) is 10.2 Å². The summed E-state index contributed by atoms with van der Waals surface area (Å²) in [6.07, 6.45) is 0.891. The summed E-state index contributed by atoms with van der Waals surface area (Å²) in [7, 11) is 1.74. The Labute approximate surface area is 116 Å². The zero-order chi connectivity index (χ0) is 13.4. The second kappa shape index (κ2) is 8.11. The molecule has 0 saturated carbocycles. The fourth-order valence-electron chi connectivity index (χ4n) is 1.38. The molecule has 100 valence electrons. The Morgan fingerprint density at radius 2 is 2.06 bits per heavy atom. The quantitative estimate of drug-likeness (QED) is 0.838. The van der Waals surface area contributed by atoms with Gasteiger partial charge in [-0.25, -0.2) is 0 Å². The van der Waals surface area contributed by atoms with Crippen LogP contribution in [-0.2, 0) is 4.79 Å². The van der Waals surface area contributed by atoms with Crippen molar-refractivity contribution < 1.29 is 14.6 Å². The smallest absolute Gasteiger partial charge is 0.222 e. The van der Waals surface area contributed by atoms with Gasteiger partial charge in [0.25, 0.3) is 0 Å². The lowest BCUT2D eigenvalue weighted by atomic mass is 10.3. The molecule has 0 spiro atoms. The van der Waals surface area contributed by atoms with Crippen molar-refractivity contribution in [2.24, 2.45) is 0 Å². The maximum Gasteiger partial charge on any atom is 0.222 e. The average molecular weight is 316 g/mol. The minimum absolute atomic E-state index is 0.0310. The van der Waals surface area contributed by atoms with Crippen molar-refractivity contribution >= 4 is 21.8 Å². The third-order valence-electron chi connectivity index (χ3n) is 2.48. The van der Waals surface area contributed by atoms with E-state index in [9.17, 15) is 4.79 Å². The molecule has 4 nitrogen and oxygen atoms in total. The Hall–Kier alpha value is -1.07. The molecular weight excluding hydrogens is 298 g/mol. The van der Waals surface area contributed by atoms with E-state index in [2.05, 4.69) is 15.9 Å². The van der Waals surface area contributed by atoms with Crippen molar-refractivity contribution in [1.82, 2.24) is 4.90 Å². The highest BCUT2D eigenvalue weighted by molar-refractivity contribution is 9.10. The first kappa shape index (κ1) is 15.0. The largest absolute Gasteiger partial charge is 0.492 e. The van der Waals surface area contributed by atoms with Crippen LogP contribution in [0.15, 0.2) is 28.7 Å². The van der Waals surface area contributed by atoms with Gasteiger partial charge in [0, 0.05) is 24.5 Å². The molecule has 1 rings (SSSR count). The molecule has 1 aromatic carbocycles. The van der Waals surface area contributed by atoms with Crippen LogP contribution in [0.4, 0.5) is 0 Å². The second-order valence-electron chi connectivity index (χ2n) is 3.94. The summed E-state index contributed by atoms with van der Waals surface area (Å²) in [5.74, 6) is 0.817. The minimum Gasteiger partial charge on any atom is -0.492 e. The van der Waals surface area contributed by atoms with Crippen LogP contribution in [0.2, 0.25) is 0 Å². The van der Waals surface area contributed by atoms with E-state index in [-0.39, 0.29) is 12.5 Å². The van der Waals surface area contributed by atoms with Gasteiger partial charge >= 0.3 is 0 Å². The molecule has 0 saturated heterocycles. The molecule has 18 heavy (non-hydrogen) atoms. The highest BCUT2D eigenvalue weighted by Gasteiger charge is 2.07. The number of likely N-dealkylation sites (N-methyl/N-ethyl adjacent to an activating group) is 1. The van der Waals surface area contributed by atoms with E-state index in [1.165, 1.54) is 0 Å². The molecule has 1 amide bonds.